The summed E-state index contributed by atoms with van der Waals surface area (Å²) in [4.78, 5) is 23.0. The minimum Gasteiger partial charge on any atom is -0.481 e. The molecule has 0 unspecified atom stereocenters. The van der Waals surface area contributed by atoms with Gasteiger partial charge in [-0.25, -0.2) is 0 Å². The monoisotopic (exact) mass is 335 g/mol. The summed E-state index contributed by atoms with van der Waals surface area (Å²) in [6, 6.07) is 2.93. The molecule has 1 aromatic rings. The fourth-order valence-electron chi connectivity index (χ4n) is 2.30. The molecule has 7 heteroatoms. The van der Waals surface area contributed by atoms with Gasteiger partial charge in [0.25, 0.3) is 0 Å². The second-order valence-corrected chi connectivity index (χ2v) is 6.00. The predicted molar refractivity (Wildman–Crippen MR) is 78.6 cm³/mol. The van der Waals surface area contributed by atoms with Crippen LogP contribution in [0.2, 0.25) is 15.1 Å². The largest absolute Gasteiger partial charge is 0.481 e. The van der Waals surface area contributed by atoms with E-state index in [0.717, 1.165) is 0 Å². The van der Waals surface area contributed by atoms with Gasteiger partial charge in [-0.05, 0) is 31.4 Å². The van der Waals surface area contributed by atoms with E-state index in [1.165, 1.54) is 12.1 Å². The summed E-state index contributed by atoms with van der Waals surface area (Å²) < 4.78 is 0. The maximum atomic E-state index is 12.1. The molecule has 1 aliphatic carbocycles. The van der Waals surface area contributed by atoms with Crippen molar-refractivity contribution in [1.29, 1.82) is 0 Å². The van der Waals surface area contributed by atoms with Crippen LogP contribution in [0.3, 0.4) is 0 Å². The van der Waals surface area contributed by atoms with E-state index in [1.54, 1.807) is 0 Å². The highest BCUT2D eigenvalue weighted by Crippen LogP contribution is 2.35. The Labute approximate surface area is 131 Å². The molecule has 1 amide bonds. The molecule has 1 aromatic carbocycles. The van der Waals surface area contributed by atoms with Crippen molar-refractivity contribution in [3.63, 3.8) is 0 Å². The molecule has 108 valence electrons. The first-order valence-corrected chi connectivity index (χ1v) is 7.20. The minimum atomic E-state index is -0.854. The number of halogens is 3. The standard InChI is InChI=1S/C13H12Cl3NO3/c14-8-4-10(16)11(5-9(8)15)17-12(18)6-1-2-7(3-6)13(19)20/h4-7H,1-3H2,(H,17,18)(H,19,20)/t6-,7+/m1/s1. The number of rotatable bonds is 3. The third kappa shape index (κ3) is 3.37. The van der Waals surface area contributed by atoms with Crippen LogP contribution in [0.5, 0.6) is 0 Å². The zero-order valence-corrected chi connectivity index (χ0v) is 12.6. The summed E-state index contributed by atoms with van der Waals surface area (Å²) in [5.41, 5.74) is 0.379. The Hall–Kier alpha value is -0.970. The molecule has 2 N–H and O–H groups in total. The smallest absolute Gasteiger partial charge is 0.306 e. The summed E-state index contributed by atoms with van der Waals surface area (Å²) in [5.74, 6) is -1.86. The van der Waals surface area contributed by atoms with E-state index >= 15 is 0 Å². The van der Waals surface area contributed by atoms with Gasteiger partial charge in [-0.15, -0.1) is 0 Å². The number of hydrogen-bond acceptors (Lipinski definition) is 2. The quantitative estimate of drug-likeness (QED) is 0.817. The van der Waals surface area contributed by atoms with Crippen LogP contribution < -0.4 is 5.32 Å². The first-order chi connectivity index (χ1) is 9.38. The number of carboxylic acids is 1. The number of amides is 1. The number of benzene rings is 1. The van der Waals surface area contributed by atoms with E-state index in [2.05, 4.69) is 5.32 Å². The first kappa shape index (κ1) is 15.4. The van der Waals surface area contributed by atoms with Crippen LogP contribution >= 0.6 is 34.8 Å². The fourth-order valence-corrected chi connectivity index (χ4v) is 2.89. The third-order valence-electron chi connectivity index (χ3n) is 3.42. The number of anilines is 1. The second kappa shape index (κ2) is 6.20. The highest BCUT2D eigenvalue weighted by Gasteiger charge is 2.34. The van der Waals surface area contributed by atoms with Gasteiger partial charge in [-0.1, -0.05) is 34.8 Å². The highest BCUT2D eigenvalue weighted by atomic mass is 35.5. The molecule has 0 aromatic heterocycles. The average molecular weight is 337 g/mol. The van der Waals surface area contributed by atoms with Crippen LogP contribution in [-0.4, -0.2) is 17.0 Å². The Morgan fingerprint density at radius 2 is 1.65 bits per heavy atom. The predicted octanol–water partition coefficient (Wildman–Crippen LogP) is 4.09. The van der Waals surface area contributed by atoms with Gasteiger partial charge in [-0.2, -0.15) is 0 Å². The molecule has 0 heterocycles. The van der Waals surface area contributed by atoms with E-state index in [0.29, 0.717) is 40.0 Å². The molecule has 20 heavy (non-hydrogen) atoms. The molecule has 1 fully saturated rings. The van der Waals surface area contributed by atoms with Crippen molar-refractivity contribution < 1.29 is 14.7 Å². The number of aliphatic carboxylic acids is 1. The molecule has 0 aliphatic heterocycles. The number of hydrogen-bond donors (Lipinski definition) is 2. The minimum absolute atomic E-state index is 0.242. The molecule has 1 saturated carbocycles. The zero-order valence-electron chi connectivity index (χ0n) is 10.3. The van der Waals surface area contributed by atoms with Gasteiger partial charge in [0.05, 0.1) is 26.7 Å². The van der Waals surface area contributed by atoms with E-state index in [1.807, 2.05) is 0 Å². The lowest BCUT2D eigenvalue weighted by atomic mass is 10.0. The van der Waals surface area contributed by atoms with Gasteiger partial charge in [0.2, 0.25) is 5.91 Å². The highest BCUT2D eigenvalue weighted by molar-refractivity contribution is 6.44. The Kier molecular flexibility index (Phi) is 4.78. The molecule has 2 atom stereocenters. The lowest BCUT2D eigenvalue weighted by Crippen LogP contribution is -2.21. The van der Waals surface area contributed by atoms with Crippen LogP contribution in [-0.2, 0) is 9.59 Å². The molecule has 0 spiro atoms. The van der Waals surface area contributed by atoms with E-state index in [9.17, 15) is 9.59 Å². The van der Waals surface area contributed by atoms with Gasteiger partial charge in [-0.3, -0.25) is 9.59 Å². The molecule has 2 rings (SSSR count). The van der Waals surface area contributed by atoms with E-state index < -0.39 is 11.9 Å². The van der Waals surface area contributed by atoms with Gasteiger partial charge in [0, 0.05) is 5.92 Å². The van der Waals surface area contributed by atoms with Gasteiger partial charge in [0.15, 0.2) is 0 Å². The summed E-state index contributed by atoms with van der Waals surface area (Å²) in [6.07, 6.45) is 1.42. The molecule has 0 radical (unpaired) electrons. The van der Waals surface area contributed by atoms with Crippen molar-refractivity contribution in [3.8, 4) is 0 Å². The number of nitrogens with one attached hydrogen (secondary N) is 1. The van der Waals surface area contributed by atoms with Crippen LogP contribution in [0.4, 0.5) is 5.69 Å². The van der Waals surface area contributed by atoms with Crippen molar-refractivity contribution in [2.24, 2.45) is 11.8 Å². The van der Waals surface area contributed by atoms with Crippen LogP contribution in [0.25, 0.3) is 0 Å². The molecule has 1 aliphatic rings. The lowest BCUT2D eigenvalue weighted by Gasteiger charge is -2.12. The van der Waals surface area contributed by atoms with E-state index in [4.69, 9.17) is 39.9 Å². The van der Waals surface area contributed by atoms with Crippen molar-refractivity contribution in [3.05, 3.63) is 27.2 Å². The molecule has 0 saturated heterocycles. The maximum absolute atomic E-state index is 12.1. The Morgan fingerprint density at radius 3 is 2.25 bits per heavy atom. The normalized spacial score (nSPS) is 21.8. The summed E-state index contributed by atoms with van der Waals surface area (Å²) in [6.45, 7) is 0. The van der Waals surface area contributed by atoms with Crippen molar-refractivity contribution >= 4 is 52.4 Å². The third-order valence-corrected chi connectivity index (χ3v) is 4.46. The number of carbonyl (C=O) groups is 2. The fraction of sp³-hybridized carbons (Fsp3) is 0.385. The second-order valence-electron chi connectivity index (χ2n) is 4.78. The average Bonchev–Trinajstić information content (AvgIpc) is 2.85. The topological polar surface area (TPSA) is 66.4 Å². The van der Waals surface area contributed by atoms with Gasteiger partial charge in [0.1, 0.15) is 0 Å². The molecule has 0 bridgehead atoms. The summed E-state index contributed by atoms with van der Waals surface area (Å²) in [7, 11) is 0. The van der Waals surface area contributed by atoms with Gasteiger partial charge < -0.3 is 10.4 Å². The Bertz CT molecular complexity index is 562. The van der Waals surface area contributed by atoms with Crippen molar-refractivity contribution in [2.45, 2.75) is 19.3 Å². The van der Waals surface area contributed by atoms with Crippen molar-refractivity contribution in [1.82, 2.24) is 0 Å². The van der Waals surface area contributed by atoms with Crippen molar-refractivity contribution in [2.75, 3.05) is 5.32 Å². The number of carbonyl (C=O) groups excluding carboxylic acids is 1. The molecular weight excluding hydrogens is 325 g/mol. The maximum Gasteiger partial charge on any atom is 0.306 e. The Morgan fingerprint density at radius 1 is 1.05 bits per heavy atom. The first-order valence-electron chi connectivity index (χ1n) is 6.06. The van der Waals surface area contributed by atoms with Gasteiger partial charge >= 0.3 is 5.97 Å². The molecular formula is C13H12Cl3NO3. The Balaban J connectivity index is 2.06. The SMILES string of the molecule is O=C(O)[C@H]1CC[C@@H](C(=O)Nc2cc(Cl)c(Cl)cc2Cl)C1. The van der Waals surface area contributed by atoms with E-state index in [-0.39, 0.29) is 11.8 Å². The number of carboxylic acid groups (broad SMARTS) is 1. The summed E-state index contributed by atoms with van der Waals surface area (Å²) >= 11 is 17.7. The van der Waals surface area contributed by atoms with Crippen LogP contribution in [0, 0.1) is 11.8 Å². The van der Waals surface area contributed by atoms with Crippen LogP contribution in [0.1, 0.15) is 19.3 Å². The molecule has 4 nitrogen and oxygen atoms in total. The summed E-state index contributed by atoms with van der Waals surface area (Å²) in [5, 5.41) is 12.5. The van der Waals surface area contributed by atoms with Crippen LogP contribution in [0.15, 0.2) is 12.1 Å². The lowest BCUT2D eigenvalue weighted by molar-refractivity contribution is -0.141. The zero-order chi connectivity index (χ0) is 14.9.